The van der Waals surface area contributed by atoms with Gasteiger partial charge in [-0.3, -0.25) is 0 Å². The fourth-order valence-electron chi connectivity index (χ4n) is 3.86. The molecule has 0 bridgehead atoms. The zero-order valence-corrected chi connectivity index (χ0v) is 12.1. The van der Waals surface area contributed by atoms with E-state index in [1.165, 1.54) is 56.4 Å². The fourth-order valence-corrected chi connectivity index (χ4v) is 3.86. The second-order valence-electron chi connectivity index (χ2n) is 6.24. The van der Waals surface area contributed by atoms with Crippen LogP contribution in [-0.4, -0.2) is 20.1 Å². The van der Waals surface area contributed by atoms with Crippen LogP contribution in [0.25, 0.3) is 0 Å². The second kappa shape index (κ2) is 5.96. The molecule has 1 N–H and O–H groups in total. The van der Waals surface area contributed by atoms with Crippen LogP contribution in [0, 0.1) is 11.8 Å². The number of rotatable bonds is 3. The van der Waals surface area contributed by atoms with Gasteiger partial charge in [0, 0.05) is 25.3 Å². The summed E-state index contributed by atoms with van der Waals surface area (Å²) >= 11 is 0. The molecule has 2 heteroatoms. The van der Waals surface area contributed by atoms with E-state index in [1.54, 1.807) is 0 Å². The first-order chi connectivity index (χ1) is 9.36. The minimum Gasteiger partial charge on any atom is -0.371 e. The highest BCUT2D eigenvalue weighted by atomic mass is 15.1. The first-order valence-electron chi connectivity index (χ1n) is 7.85. The van der Waals surface area contributed by atoms with Gasteiger partial charge in [-0.25, -0.2) is 0 Å². The molecule has 0 radical (unpaired) electrons. The molecule has 1 heterocycles. The third-order valence-electron chi connectivity index (χ3n) is 4.97. The summed E-state index contributed by atoms with van der Waals surface area (Å²) in [4.78, 5) is 2.61. The van der Waals surface area contributed by atoms with Gasteiger partial charge in [0.05, 0.1) is 0 Å². The number of nitrogens with one attached hydrogen (secondary N) is 1. The summed E-state index contributed by atoms with van der Waals surface area (Å²) in [5.41, 5.74) is 2.79. The standard InChI is InChI=1S/C17H26N2/c1-18-12-14-6-8-17(9-7-14)19-11-10-15-4-2-3-5-16(15)13-19/h6-9,15-16,18H,2-5,10-13H2,1H3. The van der Waals surface area contributed by atoms with E-state index in [0.717, 1.165) is 18.4 Å². The van der Waals surface area contributed by atoms with Crippen molar-refractivity contribution in [2.24, 2.45) is 11.8 Å². The molecule has 1 aromatic rings. The monoisotopic (exact) mass is 258 g/mol. The van der Waals surface area contributed by atoms with E-state index >= 15 is 0 Å². The van der Waals surface area contributed by atoms with Crippen LogP contribution in [-0.2, 0) is 6.54 Å². The molecule has 0 spiro atoms. The van der Waals surface area contributed by atoms with Crippen LogP contribution in [0.3, 0.4) is 0 Å². The Hall–Kier alpha value is -1.02. The Kier molecular flexibility index (Phi) is 4.07. The maximum Gasteiger partial charge on any atom is 0.0366 e. The normalized spacial score (nSPS) is 27.1. The number of nitrogens with zero attached hydrogens (tertiary/aromatic N) is 1. The summed E-state index contributed by atoms with van der Waals surface area (Å²) < 4.78 is 0. The molecular formula is C17H26N2. The lowest BCUT2D eigenvalue weighted by atomic mass is 9.75. The summed E-state index contributed by atoms with van der Waals surface area (Å²) in [5, 5.41) is 3.21. The van der Waals surface area contributed by atoms with E-state index in [2.05, 4.69) is 34.5 Å². The summed E-state index contributed by atoms with van der Waals surface area (Å²) in [5.74, 6) is 1.98. The van der Waals surface area contributed by atoms with Crippen LogP contribution in [0.4, 0.5) is 5.69 Å². The van der Waals surface area contributed by atoms with Crippen LogP contribution in [0.5, 0.6) is 0 Å². The van der Waals surface area contributed by atoms with Crippen molar-refractivity contribution in [3.05, 3.63) is 29.8 Å². The highest BCUT2D eigenvalue weighted by Gasteiger charge is 2.30. The summed E-state index contributed by atoms with van der Waals surface area (Å²) in [6.07, 6.45) is 7.28. The van der Waals surface area contributed by atoms with E-state index in [1.807, 2.05) is 7.05 Å². The lowest BCUT2D eigenvalue weighted by molar-refractivity contribution is 0.202. The third-order valence-corrected chi connectivity index (χ3v) is 4.97. The van der Waals surface area contributed by atoms with Crippen molar-refractivity contribution in [3.8, 4) is 0 Å². The van der Waals surface area contributed by atoms with Gasteiger partial charge in [0.2, 0.25) is 0 Å². The molecule has 104 valence electrons. The van der Waals surface area contributed by atoms with Crippen molar-refractivity contribution in [2.75, 3.05) is 25.0 Å². The van der Waals surface area contributed by atoms with Gasteiger partial charge in [0.1, 0.15) is 0 Å². The Morgan fingerprint density at radius 2 is 1.79 bits per heavy atom. The summed E-state index contributed by atoms with van der Waals surface area (Å²) in [6, 6.07) is 9.13. The highest BCUT2D eigenvalue weighted by Crippen LogP contribution is 2.37. The predicted molar refractivity (Wildman–Crippen MR) is 81.5 cm³/mol. The Balaban J connectivity index is 1.65. The number of piperidine rings is 1. The van der Waals surface area contributed by atoms with Gasteiger partial charge in [-0.05, 0) is 49.4 Å². The zero-order valence-electron chi connectivity index (χ0n) is 12.1. The molecule has 0 amide bonds. The lowest BCUT2D eigenvalue weighted by Crippen LogP contribution is -2.41. The molecule has 2 atom stereocenters. The van der Waals surface area contributed by atoms with Gasteiger partial charge >= 0.3 is 0 Å². The molecular weight excluding hydrogens is 232 g/mol. The zero-order chi connectivity index (χ0) is 13.1. The van der Waals surface area contributed by atoms with Crippen LogP contribution in [0.15, 0.2) is 24.3 Å². The summed E-state index contributed by atoms with van der Waals surface area (Å²) in [6.45, 7) is 3.51. The molecule has 2 fully saturated rings. The Morgan fingerprint density at radius 3 is 2.53 bits per heavy atom. The molecule has 2 aliphatic rings. The Bertz CT molecular complexity index is 398. The van der Waals surface area contributed by atoms with Crippen LogP contribution < -0.4 is 10.2 Å². The summed E-state index contributed by atoms with van der Waals surface area (Å²) in [7, 11) is 2.00. The number of hydrogen-bond acceptors (Lipinski definition) is 2. The molecule has 1 aliphatic heterocycles. The van der Waals surface area contributed by atoms with Crippen LogP contribution in [0.1, 0.15) is 37.7 Å². The highest BCUT2D eigenvalue weighted by molar-refractivity contribution is 5.48. The van der Waals surface area contributed by atoms with Gasteiger partial charge in [0.25, 0.3) is 0 Å². The predicted octanol–water partition coefficient (Wildman–Crippen LogP) is 3.42. The van der Waals surface area contributed by atoms with Gasteiger partial charge in [-0.15, -0.1) is 0 Å². The molecule has 3 rings (SSSR count). The third kappa shape index (κ3) is 2.94. The topological polar surface area (TPSA) is 15.3 Å². The van der Waals surface area contributed by atoms with Crippen molar-refractivity contribution in [1.82, 2.24) is 5.32 Å². The van der Waals surface area contributed by atoms with Gasteiger partial charge in [0.15, 0.2) is 0 Å². The Labute approximate surface area is 117 Å². The van der Waals surface area contributed by atoms with E-state index < -0.39 is 0 Å². The maximum atomic E-state index is 3.21. The van der Waals surface area contributed by atoms with Crippen molar-refractivity contribution in [1.29, 1.82) is 0 Å². The van der Waals surface area contributed by atoms with E-state index in [4.69, 9.17) is 0 Å². The lowest BCUT2D eigenvalue weighted by Gasteiger charge is -2.42. The van der Waals surface area contributed by atoms with Crippen molar-refractivity contribution >= 4 is 5.69 Å². The number of hydrogen-bond donors (Lipinski definition) is 1. The minimum absolute atomic E-state index is 0.958. The molecule has 19 heavy (non-hydrogen) atoms. The number of fused-ring (bicyclic) bond motifs is 1. The van der Waals surface area contributed by atoms with Crippen LogP contribution >= 0.6 is 0 Å². The molecule has 0 aromatic heterocycles. The molecule has 2 unspecified atom stereocenters. The molecule has 1 aromatic carbocycles. The first kappa shape index (κ1) is 13.0. The smallest absolute Gasteiger partial charge is 0.0366 e. The Morgan fingerprint density at radius 1 is 1.05 bits per heavy atom. The largest absolute Gasteiger partial charge is 0.371 e. The van der Waals surface area contributed by atoms with Gasteiger partial charge < -0.3 is 10.2 Å². The number of benzene rings is 1. The SMILES string of the molecule is CNCc1ccc(N2CCC3CCCCC3C2)cc1. The van der Waals surface area contributed by atoms with E-state index in [9.17, 15) is 0 Å². The number of anilines is 1. The minimum atomic E-state index is 0.958. The fraction of sp³-hybridized carbons (Fsp3) is 0.647. The van der Waals surface area contributed by atoms with E-state index in [0.29, 0.717) is 0 Å². The van der Waals surface area contributed by atoms with Crippen LogP contribution in [0.2, 0.25) is 0 Å². The molecule has 1 saturated heterocycles. The van der Waals surface area contributed by atoms with Gasteiger partial charge in [-0.2, -0.15) is 0 Å². The average molecular weight is 258 g/mol. The first-order valence-corrected chi connectivity index (χ1v) is 7.85. The molecule has 1 aliphatic carbocycles. The van der Waals surface area contributed by atoms with Crippen molar-refractivity contribution in [2.45, 2.75) is 38.6 Å². The van der Waals surface area contributed by atoms with Gasteiger partial charge in [-0.1, -0.05) is 31.4 Å². The molecule has 1 saturated carbocycles. The molecule has 2 nitrogen and oxygen atoms in total. The quantitative estimate of drug-likeness (QED) is 0.893. The average Bonchev–Trinajstić information content (AvgIpc) is 2.48. The van der Waals surface area contributed by atoms with Crippen molar-refractivity contribution in [3.63, 3.8) is 0 Å². The second-order valence-corrected chi connectivity index (χ2v) is 6.24. The van der Waals surface area contributed by atoms with E-state index in [-0.39, 0.29) is 0 Å². The van der Waals surface area contributed by atoms with Crippen molar-refractivity contribution < 1.29 is 0 Å². The maximum absolute atomic E-state index is 3.21.